The molecule has 1 aliphatic heterocycles. The fraction of sp³-hybridized carbons (Fsp3) is 0.455. The molecule has 0 saturated carbocycles. The second-order valence-corrected chi connectivity index (χ2v) is 3.43. The average Bonchev–Trinajstić information content (AvgIpc) is 2.56. The van der Waals surface area contributed by atoms with Gasteiger partial charge in [0.1, 0.15) is 0 Å². The molecule has 1 atom stereocenters. The molecule has 0 amide bonds. The molecule has 12 heavy (non-hydrogen) atoms. The van der Waals surface area contributed by atoms with E-state index in [1.807, 2.05) is 0 Å². The Hall–Kier alpha value is -0.820. The van der Waals surface area contributed by atoms with Crippen molar-refractivity contribution in [3.63, 3.8) is 0 Å². The van der Waals surface area contributed by atoms with Crippen molar-refractivity contribution < 1.29 is 4.74 Å². The Labute approximate surface area is 73.4 Å². The number of hydrogen-bond donors (Lipinski definition) is 0. The van der Waals surface area contributed by atoms with Crippen LogP contribution in [-0.2, 0) is 4.74 Å². The zero-order chi connectivity index (χ0) is 8.39. The monoisotopic (exact) mass is 162 g/mol. The topological polar surface area (TPSA) is 9.23 Å². The van der Waals surface area contributed by atoms with Crippen LogP contribution in [0.5, 0.6) is 0 Å². The SMILES string of the molecule is CC1=CC(C2=CC=CC2)OCC1. The molecule has 0 saturated heterocycles. The molecule has 2 rings (SSSR count). The highest BCUT2D eigenvalue weighted by Crippen LogP contribution is 2.23. The molecular weight excluding hydrogens is 148 g/mol. The Morgan fingerprint density at radius 3 is 3.08 bits per heavy atom. The van der Waals surface area contributed by atoms with E-state index in [9.17, 15) is 0 Å². The maximum Gasteiger partial charge on any atom is 0.0975 e. The minimum atomic E-state index is 0.258. The van der Waals surface area contributed by atoms with Gasteiger partial charge in [-0.15, -0.1) is 0 Å². The third-order valence-electron chi connectivity index (χ3n) is 2.40. The molecule has 0 aromatic carbocycles. The third-order valence-corrected chi connectivity index (χ3v) is 2.40. The van der Waals surface area contributed by atoms with Crippen LogP contribution in [-0.4, -0.2) is 12.7 Å². The van der Waals surface area contributed by atoms with Crippen LogP contribution < -0.4 is 0 Å². The summed E-state index contributed by atoms with van der Waals surface area (Å²) in [4.78, 5) is 0. The highest BCUT2D eigenvalue weighted by molar-refractivity contribution is 5.30. The normalized spacial score (nSPS) is 28.6. The van der Waals surface area contributed by atoms with Gasteiger partial charge in [-0.3, -0.25) is 0 Å². The van der Waals surface area contributed by atoms with Crippen LogP contribution >= 0.6 is 0 Å². The van der Waals surface area contributed by atoms with Crippen LogP contribution in [0, 0.1) is 0 Å². The maximum atomic E-state index is 5.65. The first kappa shape index (κ1) is 7.81. The minimum Gasteiger partial charge on any atom is -0.369 e. The van der Waals surface area contributed by atoms with E-state index in [4.69, 9.17) is 4.74 Å². The van der Waals surface area contributed by atoms with Gasteiger partial charge in [0, 0.05) is 0 Å². The zero-order valence-electron chi connectivity index (χ0n) is 7.42. The lowest BCUT2D eigenvalue weighted by Crippen LogP contribution is -2.18. The van der Waals surface area contributed by atoms with Crippen molar-refractivity contribution in [1.29, 1.82) is 0 Å². The van der Waals surface area contributed by atoms with Crippen LogP contribution in [0.15, 0.2) is 35.5 Å². The summed E-state index contributed by atoms with van der Waals surface area (Å²) in [5.41, 5.74) is 2.85. The Balaban J connectivity index is 2.09. The highest BCUT2D eigenvalue weighted by atomic mass is 16.5. The van der Waals surface area contributed by atoms with Gasteiger partial charge < -0.3 is 4.74 Å². The minimum absolute atomic E-state index is 0.258. The molecule has 1 nitrogen and oxygen atoms in total. The third kappa shape index (κ3) is 1.51. The van der Waals surface area contributed by atoms with E-state index in [2.05, 4.69) is 31.2 Å². The van der Waals surface area contributed by atoms with Gasteiger partial charge in [0.05, 0.1) is 12.7 Å². The fourth-order valence-electron chi connectivity index (χ4n) is 1.63. The summed E-state index contributed by atoms with van der Waals surface area (Å²) in [6, 6.07) is 0. The summed E-state index contributed by atoms with van der Waals surface area (Å²) in [5, 5.41) is 0. The first-order valence-electron chi connectivity index (χ1n) is 4.51. The second-order valence-electron chi connectivity index (χ2n) is 3.43. The Morgan fingerprint density at radius 1 is 1.50 bits per heavy atom. The van der Waals surface area contributed by atoms with Gasteiger partial charge in [-0.1, -0.05) is 29.9 Å². The van der Waals surface area contributed by atoms with Crippen LogP contribution in [0.2, 0.25) is 0 Å². The quantitative estimate of drug-likeness (QED) is 0.538. The van der Waals surface area contributed by atoms with Crippen LogP contribution in [0.3, 0.4) is 0 Å². The van der Waals surface area contributed by atoms with Gasteiger partial charge in [0.15, 0.2) is 0 Å². The number of allylic oxidation sites excluding steroid dienone is 3. The lowest BCUT2D eigenvalue weighted by atomic mass is 10.0. The standard InChI is InChI=1S/C11H14O/c1-9-6-7-12-11(8-9)10-4-2-3-5-10/h2-4,8,11H,5-7H2,1H3. The summed E-state index contributed by atoms with van der Waals surface area (Å²) in [5.74, 6) is 0. The molecule has 1 aliphatic carbocycles. The Kier molecular flexibility index (Phi) is 2.13. The predicted molar refractivity (Wildman–Crippen MR) is 50.0 cm³/mol. The van der Waals surface area contributed by atoms with Crippen molar-refractivity contribution in [2.45, 2.75) is 25.9 Å². The van der Waals surface area contributed by atoms with E-state index < -0.39 is 0 Å². The van der Waals surface area contributed by atoms with E-state index in [1.54, 1.807) is 0 Å². The molecule has 64 valence electrons. The molecule has 0 aromatic heterocycles. The lowest BCUT2D eigenvalue weighted by Gasteiger charge is -2.21. The van der Waals surface area contributed by atoms with Crippen LogP contribution in [0.4, 0.5) is 0 Å². The van der Waals surface area contributed by atoms with Crippen molar-refractivity contribution >= 4 is 0 Å². The number of hydrogen-bond acceptors (Lipinski definition) is 1. The van der Waals surface area contributed by atoms with Crippen molar-refractivity contribution in [2.75, 3.05) is 6.61 Å². The first-order chi connectivity index (χ1) is 5.86. The molecule has 0 radical (unpaired) electrons. The molecule has 1 unspecified atom stereocenters. The van der Waals surface area contributed by atoms with Gasteiger partial charge in [-0.25, -0.2) is 0 Å². The van der Waals surface area contributed by atoms with Gasteiger partial charge >= 0.3 is 0 Å². The number of rotatable bonds is 1. The summed E-state index contributed by atoms with van der Waals surface area (Å²) in [6.07, 6.45) is 11.1. The Bertz CT molecular complexity index is 258. The second kappa shape index (κ2) is 3.28. The van der Waals surface area contributed by atoms with Crippen molar-refractivity contribution in [3.8, 4) is 0 Å². The average molecular weight is 162 g/mol. The molecule has 0 aromatic rings. The molecule has 1 heteroatoms. The predicted octanol–water partition coefficient (Wildman–Crippen LogP) is 2.61. The molecule has 0 fully saturated rings. The summed E-state index contributed by atoms with van der Waals surface area (Å²) in [7, 11) is 0. The van der Waals surface area contributed by atoms with Crippen molar-refractivity contribution in [1.82, 2.24) is 0 Å². The lowest BCUT2D eigenvalue weighted by molar-refractivity contribution is 0.0987. The van der Waals surface area contributed by atoms with E-state index in [0.29, 0.717) is 0 Å². The summed E-state index contributed by atoms with van der Waals surface area (Å²) in [6.45, 7) is 3.06. The van der Waals surface area contributed by atoms with Crippen LogP contribution in [0.1, 0.15) is 19.8 Å². The summed E-state index contributed by atoms with van der Waals surface area (Å²) >= 11 is 0. The van der Waals surface area contributed by atoms with Gasteiger partial charge in [-0.2, -0.15) is 0 Å². The van der Waals surface area contributed by atoms with Crippen LogP contribution in [0.25, 0.3) is 0 Å². The smallest absolute Gasteiger partial charge is 0.0975 e. The molecule has 0 spiro atoms. The molecule has 2 aliphatic rings. The molecule has 0 bridgehead atoms. The van der Waals surface area contributed by atoms with Crippen molar-refractivity contribution in [3.05, 3.63) is 35.5 Å². The van der Waals surface area contributed by atoms with E-state index in [1.165, 1.54) is 11.1 Å². The number of ether oxygens (including phenoxy) is 1. The first-order valence-corrected chi connectivity index (χ1v) is 4.51. The van der Waals surface area contributed by atoms with Gasteiger partial charge in [0.2, 0.25) is 0 Å². The van der Waals surface area contributed by atoms with E-state index >= 15 is 0 Å². The zero-order valence-corrected chi connectivity index (χ0v) is 7.42. The fourth-order valence-corrected chi connectivity index (χ4v) is 1.63. The highest BCUT2D eigenvalue weighted by Gasteiger charge is 2.16. The van der Waals surface area contributed by atoms with Gasteiger partial charge in [-0.05, 0) is 25.3 Å². The summed E-state index contributed by atoms with van der Waals surface area (Å²) < 4.78 is 5.65. The van der Waals surface area contributed by atoms with E-state index in [0.717, 1.165) is 19.4 Å². The largest absolute Gasteiger partial charge is 0.369 e. The van der Waals surface area contributed by atoms with E-state index in [-0.39, 0.29) is 6.10 Å². The molecule has 0 N–H and O–H groups in total. The molecular formula is C11H14O. The van der Waals surface area contributed by atoms with Crippen molar-refractivity contribution in [2.24, 2.45) is 0 Å². The van der Waals surface area contributed by atoms with Gasteiger partial charge in [0.25, 0.3) is 0 Å². The Morgan fingerprint density at radius 2 is 2.42 bits per heavy atom. The molecule has 1 heterocycles. The maximum absolute atomic E-state index is 5.65.